The normalized spacial score (nSPS) is 17.4. The first-order chi connectivity index (χ1) is 13.7. The Kier molecular flexibility index (Phi) is 6.50. The van der Waals surface area contributed by atoms with Crippen molar-refractivity contribution in [2.75, 3.05) is 26.5 Å². The molecular weight excluding hydrogens is 412 g/mol. The largest absolute Gasteiger partial charge is 0.454 e. The van der Waals surface area contributed by atoms with Gasteiger partial charge in [-0.1, -0.05) is 30.0 Å². The zero-order chi connectivity index (χ0) is 21.2. The second-order valence-corrected chi connectivity index (χ2v) is 9.31. The van der Waals surface area contributed by atoms with Crippen LogP contribution in [0.5, 0.6) is 11.5 Å². The minimum absolute atomic E-state index is 0.109. The van der Waals surface area contributed by atoms with E-state index in [2.05, 4.69) is 0 Å². The molecule has 9 heteroatoms. The number of hydrogen-bond acceptors (Lipinski definition) is 7. The average Bonchev–Trinajstić information content (AvgIpc) is 3.21. The fraction of sp³-hybridized carbons (Fsp3) is 0.450. The summed E-state index contributed by atoms with van der Waals surface area (Å²) < 4.78 is 11.1. The highest BCUT2D eigenvalue weighted by Gasteiger charge is 2.33. The molecule has 0 atom stereocenters. The predicted molar refractivity (Wildman–Crippen MR) is 116 cm³/mol. The number of thiocarbonyl (C=S) groups is 1. The Bertz CT molecular complexity index is 863. The number of aliphatic hydroxyl groups is 1. The van der Waals surface area contributed by atoms with Gasteiger partial charge in [0.1, 0.15) is 4.32 Å². The second-order valence-electron chi connectivity index (χ2n) is 7.64. The van der Waals surface area contributed by atoms with E-state index in [1.807, 2.05) is 32.9 Å². The predicted octanol–water partition coefficient (Wildman–Crippen LogP) is 2.63. The summed E-state index contributed by atoms with van der Waals surface area (Å²) in [4.78, 5) is 29.0. The van der Waals surface area contributed by atoms with Gasteiger partial charge in [0, 0.05) is 25.0 Å². The van der Waals surface area contributed by atoms with Crippen molar-refractivity contribution in [2.45, 2.75) is 32.7 Å². The van der Waals surface area contributed by atoms with Crippen molar-refractivity contribution in [3.63, 3.8) is 0 Å². The molecule has 1 aromatic rings. The monoisotopic (exact) mass is 436 g/mol. The van der Waals surface area contributed by atoms with Crippen LogP contribution in [-0.2, 0) is 9.59 Å². The van der Waals surface area contributed by atoms with Gasteiger partial charge in [0.15, 0.2) is 11.5 Å². The van der Waals surface area contributed by atoms with Gasteiger partial charge in [0.25, 0.3) is 5.91 Å². The Morgan fingerprint density at radius 2 is 2.07 bits per heavy atom. The summed E-state index contributed by atoms with van der Waals surface area (Å²) in [5.74, 6) is 0.987. The Morgan fingerprint density at radius 3 is 2.76 bits per heavy atom. The topological polar surface area (TPSA) is 79.3 Å². The summed E-state index contributed by atoms with van der Waals surface area (Å²) in [7, 11) is 0. The third-order valence-electron chi connectivity index (χ3n) is 4.55. The maximum atomic E-state index is 12.8. The lowest BCUT2D eigenvalue weighted by Gasteiger charge is -2.35. The van der Waals surface area contributed by atoms with Crippen LogP contribution in [0, 0.1) is 0 Å². The molecule has 1 N–H and O–H groups in total. The highest BCUT2D eigenvalue weighted by molar-refractivity contribution is 8.26. The highest BCUT2D eigenvalue weighted by Crippen LogP contribution is 2.36. The number of carbonyl (C=O) groups is 2. The number of fused-ring (bicyclic) bond motifs is 1. The molecule has 3 rings (SSSR count). The van der Waals surface area contributed by atoms with Crippen LogP contribution >= 0.6 is 24.0 Å². The van der Waals surface area contributed by atoms with E-state index in [-0.39, 0.29) is 44.7 Å². The zero-order valence-electron chi connectivity index (χ0n) is 16.6. The van der Waals surface area contributed by atoms with Crippen LogP contribution < -0.4 is 9.47 Å². The molecule has 0 aliphatic carbocycles. The number of carbonyl (C=O) groups excluding carboxylic acids is 2. The van der Waals surface area contributed by atoms with Gasteiger partial charge in [0.05, 0.1) is 11.5 Å². The molecule has 0 saturated carbocycles. The van der Waals surface area contributed by atoms with Crippen LogP contribution in [0.1, 0.15) is 32.8 Å². The van der Waals surface area contributed by atoms with Crippen molar-refractivity contribution in [1.29, 1.82) is 0 Å². The second kappa shape index (κ2) is 8.73. The van der Waals surface area contributed by atoms with Gasteiger partial charge in [0.2, 0.25) is 12.7 Å². The molecule has 2 aliphatic rings. The van der Waals surface area contributed by atoms with Crippen molar-refractivity contribution in [2.24, 2.45) is 0 Å². The first-order valence-corrected chi connectivity index (χ1v) is 10.5. The standard InChI is InChI=1S/C20H24N2O5S2/c1-20(2,3)22(8-9-23)17(24)6-7-21-18(25)16(29-19(21)28)11-13-4-5-14-15(10-13)27-12-26-14/h4-5,10-11,23H,6-9,12H2,1-3H3. The van der Waals surface area contributed by atoms with Crippen LogP contribution in [0.25, 0.3) is 6.08 Å². The van der Waals surface area contributed by atoms with E-state index >= 15 is 0 Å². The molecule has 29 heavy (non-hydrogen) atoms. The third kappa shape index (κ3) is 4.91. The highest BCUT2D eigenvalue weighted by atomic mass is 32.2. The molecule has 2 aliphatic heterocycles. The molecule has 1 saturated heterocycles. The van der Waals surface area contributed by atoms with Crippen LogP contribution in [0.15, 0.2) is 23.1 Å². The molecule has 2 amide bonds. The SMILES string of the molecule is CC(C)(C)N(CCO)C(=O)CCN1C(=O)C(=Cc2ccc3c(c2)OCO3)SC1=S. The number of nitrogens with zero attached hydrogens (tertiary/aromatic N) is 2. The Labute approximate surface area is 179 Å². The quantitative estimate of drug-likeness (QED) is 0.542. The minimum atomic E-state index is -0.408. The molecule has 7 nitrogen and oxygen atoms in total. The summed E-state index contributed by atoms with van der Waals surface area (Å²) in [6.07, 6.45) is 1.90. The average molecular weight is 437 g/mol. The van der Waals surface area contributed by atoms with Crippen LogP contribution in [0.4, 0.5) is 0 Å². The summed E-state index contributed by atoms with van der Waals surface area (Å²) in [5, 5.41) is 9.24. The van der Waals surface area contributed by atoms with Gasteiger partial charge in [-0.15, -0.1) is 0 Å². The van der Waals surface area contributed by atoms with Gasteiger partial charge >= 0.3 is 0 Å². The molecule has 0 bridgehead atoms. The van der Waals surface area contributed by atoms with Crippen LogP contribution in [0.2, 0.25) is 0 Å². The van der Waals surface area contributed by atoms with E-state index in [1.54, 1.807) is 17.0 Å². The summed E-state index contributed by atoms with van der Waals surface area (Å²) in [6, 6.07) is 5.46. The van der Waals surface area contributed by atoms with Crippen molar-refractivity contribution >= 4 is 46.2 Å². The summed E-state index contributed by atoms with van der Waals surface area (Å²) >= 11 is 6.57. The number of β-amino-alcohol motifs (C(OH)–C–C–N with tert-alkyl or cyclic N) is 1. The summed E-state index contributed by atoms with van der Waals surface area (Å²) in [6.45, 7) is 6.28. The number of ether oxygens (including phenoxy) is 2. The van der Waals surface area contributed by atoms with E-state index in [0.29, 0.717) is 20.7 Å². The third-order valence-corrected chi connectivity index (χ3v) is 5.93. The number of rotatable bonds is 6. The fourth-order valence-electron chi connectivity index (χ4n) is 3.12. The smallest absolute Gasteiger partial charge is 0.266 e. The first kappa shape index (κ1) is 21.6. The maximum Gasteiger partial charge on any atom is 0.266 e. The van der Waals surface area contributed by atoms with Crippen molar-refractivity contribution in [3.05, 3.63) is 28.7 Å². The Morgan fingerprint density at radius 1 is 1.34 bits per heavy atom. The Balaban J connectivity index is 1.67. The number of benzene rings is 1. The molecule has 156 valence electrons. The van der Waals surface area contributed by atoms with Crippen LogP contribution in [0.3, 0.4) is 0 Å². The van der Waals surface area contributed by atoms with Gasteiger partial charge < -0.3 is 19.5 Å². The van der Waals surface area contributed by atoms with E-state index in [0.717, 1.165) is 5.56 Å². The van der Waals surface area contributed by atoms with E-state index in [4.69, 9.17) is 21.7 Å². The summed E-state index contributed by atoms with van der Waals surface area (Å²) in [5.41, 5.74) is 0.404. The lowest BCUT2D eigenvalue weighted by Crippen LogP contribution is -2.48. The van der Waals surface area contributed by atoms with E-state index in [9.17, 15) is 14.7 Å². The van der Waals surface area contributed by atoms with Gasteiger partial charge in [-0.05, 0) is 44.5 Å². The molecule has 0 unspecified atom stereocenters. The fourth-order valence-corrected chi connectivity index (χ4v) is 4.43. The van der Waals surface area contributed by atoms with Crippen LogP contribution in [-0.4, -0.2) is 63.1 Å². The number of amides is 2. The van der Waals surface area contributed by atoms with Gasteiger partial charge in [-0.2, -0.15) is 0 Å². The van der Waals surface area contributed by atoms with Gasteiger partial charge in [-0.25, -0.2) is 0 Å². The molecule has 2 heterocycles. The zero-order valence-corrected chi connectivity index (χ0v) is 18.3. The maximum absolute atomic E-state index is 12.8. The molecular formula is C20H24N2O5S2. The number of aliphatic hydroxyl groups excluding tert-OH is 1. The lowest BCUT2D eigenvalue weighted by molar-refractivity contribution is -0.137. The van der Waals surface area contributed by atoms with E-state index < -0.39 is 5.54 Å². The number of thioether (sulfide) groups is 1. The molecule has 1 fully saturated rings. The lowest BCUT2D eigenvalue weighted by atomic mass is 10.1. The Hall–Kier alpha value is -2.10. The van der Waals surface area contributed by atoms with Gasteiger partial charge in [-0.3, -0.25) is 14.5 Å². The molecule has 0 aromatic heterocycles. The molecule has 1 aromatic carbocycles. The van der Waals surface area contributed by atoms with Crippen molar-refractivity contribution in [1.82, 2.24) is 9.80 Å². The van der Waals surface area contributed by atoms with Crippen molar-refractivity contribution < 1.29 is 24.2 Å². The van der Waals surface area contributed by atoms with Crippen molar-refractivity contribution in [3.8, 4) is 11.5 Å². The molecule has 0 spiro atoms. The minimum Gasteiger partial charge on any atom is -0.454 e. The number of hydrogen-bond donors (Lipinski definition) is 1. The van der Waals surface area contributed by atoms with E-state index in [1.165, 1.54) is 16.7 Å². The molecule has 0 radical (unpaired) electrons. The first-order valence-electron chi connectivity index (χ1n) is 9.27.